The van der Waals surface area contributed by atoms with Crippen molar-refractivity contribution in [2.75, 3.05) is 13.2 Å². The van der Waals surface area contributed by atoms with Crippen LogP contribution >= 0.6 is 0 Å². The largest absolute Gasteiger partial charge is 0.396 e. The molecule has 1 N–H and O–H groups in total. The summed E-state index contributed by atoms with van der Waals surface area (Å²) in [5, 5.41) is 9.08. The lowest BCUT2D eigenvalue weighted by atomic mass is 9.93. The second-order valence-corrected chi connectivity index (χ2v) is 4.68. The van der Waals surface area contributed by atoms with Gasteiger partial charge in [0.1, 0.15) is 0 Å². The average Bonchev–Trinajstić information content (AvgIpc) is 2.33. The van der Waals surface area contributed by atoms with Crippen molar-refractivity contribution in [1.29, 1.82) is 0 Å². The molecular formula is C14H30O2. The molecule has 0 aromatic carbocycles. The first-order valence-electron chi connectivity index (χ1n) is 6.92. The fourth-order valence-electron chi connectivity index (χ4n) is 2.22. The summed E-state index contributed by atoms with van der Waals surface area (Å²) in [7, 11) is 0. The van der Waals surface area contributed by atoms with Gasteiger partial charge in [-0.25, -0.2) is 0 Å². The third-order valence-electron chi connectivity index (χ3n) is 3.95. The summed E-state index contributed by atoms with van der Waals surface area (Å²) < 4.78 is 6.04. The zero-order chi connectivity index (χ0) is 12.4. The maximum atomic E-state index is 9.08. The Morgan fingerprint density at radius 2 is 1.62 bits per heavy atom. The van der Waals surface area contributed by atoms with Gasteiger partial charge >= 0.3 is 0 Å². The molecule has 0 aliphatic heterocycles. The molecule has 0 bridgehead atoms. The van der Waals surface area contributed by atoms with Gasteiger partial charge in [0, 0.05) is 13.2 Å². The van der Waals surface area contributed by atoms with Crippen LogP contribution in [0.15, 0.2) is 0 Å². The lowest BCUT2D eigenvalue weighted by molar-refractivity contribution is -0.0695. The van der Waals surface area contributed by atoms with Gasteiger partial charge < -0.3 is 9.84 Å². The molecule has 0 unspecified atom stereocenters. The monoisotopic (exact) mass is 230 g/mol. The molecule has 0 heterocycles. The standard InChI is InChI=1S/C14H30O2/c1-5-13(6-2)9-12-16-14(7-3,8-4)10-11-15/h13,15H,5-12H2,1-4H3. The average molecular weight is 230 g/mol. The van der Waals surface area contributed by atoms with E-state index in [-0.39, 0.29) is 12.2 Å². The van der Waals surface area contributed by atoms with Crippen LogP contribution in [0.2, 0.25) is 0 Å². The Balaban J connectivity index is 4.01. The fourth-order valence-corrected chi connectivity index (χ4v) is 2.22. The minimum atomic E-state index is -0.0826. The number of rotatable bonds is 10. The summed E-state index contributed by atoms with van der Waals surface area (Å²) in [5.74, 6) is 0.792. The highest BCUT2D eigenvalue weighted by atomic mass is 16.5. The van der Waals surface area contributed by atoms with Gasteiger partial charge in [0.05, 0.1) is 5.60 Å². The van der Waals surface area contributed by atoms with E-state index in [9.17, 15) is 0 Å². The minimum Gasteiger partial charge on any atom is -0.396 e. The number of ether oxygens (including phenoxy) is 1. The van der Waals surface area contributed by atoms with Crippen molar-refractivity contribution in [3.8, 4) is 0 Å². The summed E-state index contributed by atoms with van der Waals surface area (Å²) in [5.41, 5.74) is -0.0826. The Labute approximate surface area is 101 Å². The number of hydrogen-bond donors (Lipinski definition) is 1. The zero-order valence-electron chi connectivity index (χ0n) is 11.6. The molecule has 0 spiro atoms. The van der Waals surface area contributed by atoms with E-state index < -0.39 is 0 Å². The third kappa shape index (κ3) is 5.31. The molecule has 0 saturated heterocycles. The normalized spacial score (nSPS) is 12.4. The van der Waals surface area contributed by atoms with Crippen LogP contribution < -0.4 is 0 Å². The number of aliphatic hydroxyl groups is 1. The molecule has 0 atom stereocenters. The Morgan fingerprint density at radius 3 is 2.00 bits per heavy atom. The van der Waals surface area contributed by atoms with Crippen LogP contribution in [0.25, 0.3) is 0 Å². The van der Waals surface area contributed by atoms with Crippen LogP contribution in [-0.4, -0.2) is 23.9 Å². The van der Waals surface area contributed by atoms with Crippen LogP contribution in [-0.2, 0) is 4.74 Å². The summed E-state index contributed by atoms with van der Waals surface area (Å²) in [4.78, 5) is 0. The van der Waals surface area contributed by atoms with Crippen LogP contribution in [0, 0.1) is 5.92 Å². The van der Waals surface area contributed by atoms with Crippen LogP contribution in [0.3, 0.4) is 0 Å². The lowest BCUT2D eigenvalue weighted by Gasteiger charge is -2.32. The van der Waals surface area contributed by atoms with Crippen molar-refractivity contribution in [1.82, 2.24) is 0 Å². The van der Waals surface area contributed by atoms with Crippen molar-refractivity contribution in [2.45, 2.75) is 71.8 Å². The molecule has 0 aromatic rings. The highest BCUT2D eigenvalue weighted by Crippen LogP contribution is 2.25. The molecule has 0 amide bonds. The first-order valence-corrected chi connectivity index (χ1v) is 6.92. The van der Waals surface area contributed by atoms with E-state index in [4.69, 9.17) is 9.84 Å². The summed E-state index contributed by atoms with van der Waals surface area (Å²) in [6, 6.07) is 0. The highest BCUT2D eigenvalue weighted by molar-refractivity contribution is 4.77. The maximum Gasteiger partial charge on any atom is 0.0699 e. The lowest BCUT2D eigenvalue weighted by Crippen LogP contribution is -2.33. The highest BCUT2D eigenvalue weighted by Gasteiger charge is 2.26. The van der Waals surface area contributed by atoms with Gasteiger partial charge in [-0.15, -0.1) is 0 Å². The van der Waals surface area contributed by atoms with E-state index >= 15 is 0 Å². The molecule has 0 rings (SSSR count). The van der Waals surface area contributed by atoms with E-state index in [1.165, 1.54) is 12.8 Å². The third-order valence-corrected chi connectivity index (χ3v) is 3.95. The van der Waals surface area contributed by atoms with Gasteiger partial charge in [0.15, 0.2) is 0 Å². The maximum absolute atomic E-state index is 9.08. The van der Waals surface area contributed by atoms with Crippen molar-refractivity contribution in [3.63, 3.8) is 0 Å². The molecular weight excluding hydrogens is 200 g/mol. The van der Waals surface area contributed by atoms with Crippen LogP contribution in [0.5, 0.6) is 0 Å². The Morgan fingerprint density at radius 1 is 1.06 bits per heavy atom. The van der Waals surface area contributed by atoms with E-state index in [0.29, 0.717) is 0 Å². The first-order chi connectivity index (χ1) is 7.67. The topological polar surface area (TPSA) is 29.5 Å². The van der Waals surface area contributed by atoms with Crippen LogP contribution in [0.1, 0.15) is 66.2 Å². The molecule has 0 aromatic heterocycles. The fraction of sp³-hybridized carbons (Fsp3) is 1.00. The van der Waals surface area contributed by atoms with Gasteiger partial charge in [0.2, 0.25) is 0 Å². The van der Waals surface area contributed by atoms with Crippen molar-refractivity contribution in [2.24, 2.45) is 5.92 Å². The second kappa shape index (κ2) is 9.00. The molecule has 2 nitrogen and oxygen atoms in total. The van der Waals surface area contributed by atoms with Gasteiger partial charge in [-0.2, -0.15) is 0 Å². The van der Waals surface area contributed by atoms with Crippen LogP contribution in [0.4, 0.5) is 0 Å². The molecule has 0 aliphatic carbocycles. The molecule has 98 valence electrons. The summed E-state index contributed by atoms with van der Waals surface area (Å²) in [6.45, 7) is 9.86. The van der Waals surface area contributed by atoms with E-state index in [1.54, 1.807) is 0 Å². The molecule has 16 heavy (non-hydrogen) atoms. The van der Waals surface area contributed by atoms with E-state index in [1.807, 2.05) is 0 Å². The zero-order valence-corrected chi connectivity index (χ0v) is 11.6. The van der Waals surface area contributed by atoms with Gasteiger partial charge in [-0.3, -0.25) is 0 Å². The summed E-state index contributed by atoms with van der Waals surface area (Å²) >= 11 is 0. The smallest absolute Gasteiger partial charge is 0.0699 e. The predicted molar refractivity (Wildman–Crippen MR) is 69.7 cm³/mol. The van der Waals surface area contributed by atoms with Crippen molar-refractivity contribution < 1.29 is 9.84 Å². The van der Waals surface area contributed by atoms with Crippen molar-refractivity contribution >= 4 is 0 Å². The number of hydrogen-bond acceptors (Lipinski definition) is 2. The quantitative estimate of drug-likeness (QED) is 0.619. The SMILES string of the molecule is CCC(CC)CCOC(CC)(CC)CCO. The van der Waals surface area contributed by atoms with Gasteiger partial charge in [0.25, 0.3) is 0 Å². The molecule has 0 radical (unpaired) electrons. The second-order valence-electron chi connectivity index (χ2n) is 4.68. The summed E-state index contributed by atoms with van der Waals surface area (Å²) in [6.07, 6.45) is 6.39. The van der Waals surface area contributed by atoms with Gasteiger partial charge in [-0.1, -0.05) is 40.5 Å². The van der Waals surface area contributed by atoms with E-state index in [2.05, 4.69) is 27.7 Å². The molecule has 0 fully saturated rings. The molecule has 0 saturated carbocycles. The minimum absolute atomic E-state index is 0.0826. The molecule has 2 heteroatoms. The van der Waals surface area contributed by atoms with Gasteiger partial charge in [-0.05, 0) is 31.6 Å². The Kier molecular flexibility index (Phi) is 8.96. The van der Waals surface area contributed by atoms with Crippen molar-refractivity contribution in [3.05, 3.63) is 0 Å². The Hall–Kier alpha value is -0.0800. The Bertz CT molecular complexity index is 149. The van der Waals surface area contributed by atoms with E-state index in [0.717, 1.165) is 38.2 Å². The molecule has 0 aliphatic rings. The first kappa shape index (κ1) is 15.9. The number of aliphatic hydroxyl groups excluding tert-OH is 1. The predicted octanol–water partition coefficient (Wildman–Crippen LogP) is 3.77.